The van der Waals surface area contributed by atoms with Crippen molar-refractivity contribution in [1.82, 2.24) is 5.32 Å². The molecule has 0 saturated carbocycles. The number of rotatable bonds is 7. The van der Waals surface area contributed by atoms with E-state index in [1.807, 2.05) is 24.3 Å². The average Bonchev–Trinajstić information content (AvgIpc) is 3.03. The van der Waals surface area contributed by atoms with Crippen LogP contribution in [0.2, 0.25) is 0 Å². The molecule has 0 spiro atoms. The zero-order valence-corrected chi connectivity index (χ0v) is 12.5. The molecule has 1 N–H and O–H groups in total. The number of benzene rings is 1. The molecule has 1 fully saturated rings. The van der Waals surface area contributed by atoms with E-state index < -0.39 is 0 Å². The number of nitrogens with one attached hydrogen (secondary N) is 1. The SMILES string of the molecule is CCCOc1ccc(/C=C\C(=O)NC[C@@H]2CCCO2)cc1. The minimum atomic E-state index is -0.0863. The summed E-state index contributed by atoms with van der Waals surface area (Å²) in [5.74, 6) is 0.772. The third-order valence-electron chi connectivity index (χ3n) is 3.31. The normalized spacial score (nSPS) is 18.0. The van der Waals surface area contributed by atoms with Crippen molar-refractivity contribution in [1.29, 1.82) is 0 Å². The van der Waals surface area contributed by atoms with Crippen molar-refractivity contribution >= 4 is 12.0 Å². The lowest BCUT2D eigenvalue weighted by molar-refractivity contribution is -0.116. The van der Waals surface area contributed by atoms with Crippen molar-refractivity contribution in [3.05, 3.63) is 35.9 Å². The molecule has 1 heterocycles. The molecule has 1 atom stereocenters. The molecular formula is C17H23NO3. The monoisotopic (exact) mass is 289 g/mol. The maximum absolute atomic E-state index is 11.7. The molecule has 1 amide bonds. The summed E-state index contributed by atoms with van der Waals surface area (Å²) in [6, 6.07) is 7.71. The molecule has 1 aliphatic heterocycles. The second-order valence-electron chi connectivity index (χ2n) is 5.13. The molecular weight excluding hydrogens is 266 g/mol. The Morgan fingerprint density at radius 2 is 2.24 bits per heavy atom. The van der Waals surface area contributed by atoms with Gasteiger partial charge in [-0.25, -0.2) is 0 Å². The van der Waals surface area contributed by atoms with Gasteiger partial charge in [0.05, 0.1) is 12.7 Å². The van der Waals surface area contributed by atoms with Crippen molar-refractivity contribution in [2.75, 3.05) is 19.8 Å². The van der Waals surface area contributed by atoms with Crippen LogP contribution in [0.4, 0.5) is 0 Å². The molecule has 1 aliphatic rings. The van der Waals surface area contributed by atoms with Gasteiger partial charge in [0, 0.05) is 19.2 Å². The molecule has 2 rings (SSSR count). The van der Waals surface area contributed by atoms with Crippen LogP contribution in [0.5, 0.6) is 5.75 Å². The lowest BCUT2D eigenvalue weighted by Crippen LogP contribution is -2.30. The van der Waals surface area contributed by atoms with E-state index in [4.69, 9.17) is 9.47 Å². The number of carbonyl (C=O) groups is 1. The maximum atomic E-state index is 11.7. The molecule has 0 aliphatic carbocycles. The molecule has 1 aromatic carbocycles. The summed E-state index contributed by atoms with van der Waals surface area (Å²) in [5, 5.41) is 2.86. The van der Waals surface area contributed by atoms with Gasteiger partial charge in [-0.15, -0.1) is 0 Å². The largest absolute Gasteiger partial charge is 0.494 e. The first-order valence-corrected chi connectivity index (χ1v) is 7.58. The second kappa shape index (κ2) is 8.47. The fourth-order valence-corrected chi connectivity index (χ4v) is 2.15. The number of hydrogen-bond acceptors (Lipinski definition) is 3. The summed E-state index contributed by atoms with van der Waals surface area (Å²) in [7, 11) is 0. The van der Waals surface area contributed by atoms with Gasteiger partial charge in [-0.05, 0) is 43.0 Å². The van der Waals surface area contributed by atoms with E-state index in [2.05, 4.69) is 12.2 Å². The highest BCUT2D eigenvalue weighted by atomic mass is 16.5. The highest BCUT2D eigenvalue weighted by Gasteiger charge is 2.15. The molecule has 21 heavy (non-hydrogen) atoms. The summed E-state index contributed by atoms with van der Waals surface area (Å²) < 4.78 is 11.0. The van der Waals surface area contributed by atoms with Crippen molar-refractivity contribution in [3.8, 4) is 5.75 Å². The van der Waals surface area contributed by atoms with Crippen molar-refractivity contribution in [3.63, 3.8) is 0 Å². The molecule has 114 valence electrons. The van der Waals surface area contributed by atoms with Crippen LogP contribution in [0, 0.1) is 0 Å². The zero-order valence-electron chi connectivity index (χ0n) is 12.5. The number of ether oxygens (including phenoxy) is 2. The van der Waals surface area contributed by atoms with Crippen LogP contribution in [0.1, 0.15) is 31.7 Å². The molecule has 4 nitrogen and oxygen atoms in total. The fraction of sp³-hybridized carbons (Fsp3) is 0.471. The van der Waals surface area contributed by atoms with Crippen LogP contribution in [0.25, 0.3) is 6.08 Å². The van der Waals surface area contributed by atoms with Crippen molar-refractivity contribution < 1.29 is 14.3 Å². The Balaban J connectivity index is 1.75. The van der Waals surface area contributed by atoms with Gasteiger partial charge in [0.1, 0.15) is 5.75 Å². The van der Waals surface area contributed by atoms with Crippen LogP contribution in [-0.4, -0.2) is 31.8 Å². The summed E-state index contributed by atoms with van der Waals surface area (Å²) in [6.07, 6.45) is 6.64. The third kappa shape index (κ3) is 5.60. The maximum Gasteiger partial charge on any atom is 0.244 e. The Labute approximate surface area is 126 Å². The lowest BCUT2D eigenvalue weighted by atomic mass is 10.2. The smallest absolute Gasteiger partial charge is 0.244 e. The highest BCUT2D eigenvalue weighted by Crippen LogP contribution is 2.13. The predicted molar refractivity (Wildman–Crippen MR) is 83.2 cm³/mol. The quantitative estimate of drug-likeness (QED) is 0.785. The predicted octanol–water partition coefficient (Wildman–Crippen LogP) is 2.78. The molecule has 4 heteroatoms. The van der Waals surface area contributed by atoms with Gasteiger partial charge < -0.3 is 14.8 Å². The van der Waals surface area contributed by atoms with E-state index in [1.54, 1.807) is 12.2 Å². The zero-order chi connectivity index (χ0) is 14.9. The van der Waals surface area contributed by atoms with Crippen LogP contribution in [0.3, 0.4) is 0 Å². The number of hydrogen-bond donors (Lipinski definition) is 1. The highest BCUT2D eigenvalue weighted by molar-refractivity contribution is 5.91. The van der Waals surface area contributed by atoms with E-state index in [0.717, 1.165) is 43.8 Å². The molecule has 0 unspecified atom stereocenters. The Bertz CT molecular complexity index is 461. The first kappa shape index (κ1) is 15.6. The van der Waals surface area contributed by atoms with E-state index in [0.29, 0.717) is 6.54 Å². The summed E-state index contributed by atoms with van der Waals surface area (Å²) in [4.78, 5) is 11.7. The third-order valence-corrected chi connectivity index (χ3v) is 3.31. The van der Waals surface area contributed by atoms with Crippen LogP contribution >= 0.6 is 0 Å². The van der Waals surface area contributed by atoms with Crippen LogP contribution in [-0.2, 0) is 9.53 Å². The van der Waals surface area contributed by atoms with Gasteiger partial charge in [-0.2, -0.15) is 0 Å². The summed E-state index contributed by atoms with van der Waals surface area (Å²) >= 11 is 0. The van der Waals surface area contributed by atoms with Crippen molar-refractivity contribution in [2.24, 2.45) is 0 Å². The number of carbonyl (C=O) groups excluding carboxylic acids is 1. The van der Waals surface area contributed by atoms with E-state index in [9.17, 15) is 4.79 Å². The molecule has 1 aromatic rings. The Morgan fingerprint density at radius 1 is 1.43 bits per heavy atom. The number of amides is 1. The summed E-state index contributed by atoms with van der Waals surface area (Å²) in [5.41, 5.74) is 0.978. The van der Waals surface area contributed by atoms with Crippen LogP contribution in [0.15, 0.2) is 30.3 Å². The first-order valence-electron chi connectivity index (χ1n) is 7.58. The average molecular weight is 289 g/mol. The molecule has 1 saturated heterocycles. The van der Waals surface area contributed by atoms with E-state index in [-0.39, 0.29) is 12.0 Å². The first-order chi connectivity index (χ1) is 10.3. The van der Waals surface area contributed by atoms with Gasteiger partial charge in [0.2, 0.25) is 5.91 Å². The summed E-state index contributed by atoms with van der Waals surface area (Å²) in [6.45, 7) is 4.20. The molecule has 0 radical (unpaired) electrons. The van der Waals surface area contributed by atoms with Gasteiger partial charge in [0.15, 0.2) is 0 Å². The standard InChI is InChI=1S/C17H23NO3/c1-2-11-20-15-8-5-14(6-9-15)7-10-17(19)18-13-16-4-3-12-21-16/h5-10,16H,2-4,11-13H2,1H3,(H,18,19)/b10-7-/t16-/m0/s1. The minimum Gasteiger partial charge on any atom is -0.494 e. The topological polar surface area (TPSA) is 47.6 Å². The van der Waals surface area contributed by atoms with Gasteiger partial charge in [0.25, 0.3) is 0 Å². The van der Waals surface area contributed by atoms with E-state index >= 15 is 0 Å². The Morgan fingerprint density at radius 3 is 2.90 bits per heavy atom. The Hall–Kier alpha value is -1.81. The van der Waals surface area contributed by atoms with Gasteiger partial charge >= 0.3 is 0 Å². The minimum absolute atomic E-state index is 0.0863. The molecule has 0 aromatic heterocycles. The van der Waals surface area contributed by atoms with Crippen LogP contribution < -0.4 is 10.1 Å². The Kier molecular flexibility index (Phi) is 6.28. The van der Waals surface area contributed by atoms with Crippen molar-refractivity contribution in [2.45, 2.75) is 32.3 Å². The fourth-order valence-electron chi connectivity index (χ4n) is 2.15. The lowest BCUT2D eigenvalue weighted by Gasteiger charge is -2.08. The second-order valence-corrected chi connectivity index (χ2v) is 5.13. The van der Waals surface area contributed by atoms with Gasteiger partial charge in [-0.3, -0.25) is 4.79 Å². The van der Waals surface area contributed by atoms with E-state index in [1.165, 1.54) is 0 Å². The van der Waals surface area contributed by atoms with Gasteiger partial charge in [-0.1, -0.05) is 19.1 Å². The molecule has 0 bridgehead atoms.